The highest BCUT2D eigenvalue weighted by Crippen LogP contribution is 2.44. The molecule has 38 heavy (non-hydrogen) atoms. The van der Waals surface area contributed by atoms with Crippen molar-refractivity contribution in [3.05, 3.63) is 95.2 Å². The van der Waals surface area contributed by atoms with Gasteiger partial charge in [0, 0.05) is 35.1 Å². The molecule has 1 aromatic heterocycles. The summed E-state index contributed by atoms with van der Waals surface area (Å²) < 4.78 is 11.2. The Morgan fingerprint density at radius 2 is 1.74 bits per heavy atom. The highest BCUT2D eigenvalue weighted by Gasteiger charge is 2.48. The van der Waals surface area contributed by atoms with Gasteiger partial charge in [0.05, 0.1) is 20.3 Å². The van der Waals surface area contributed by atoms with Crippen LogP contribution < -0.4 is 9.47 Å². The number of carbonyl (C=O) groups excluding carboxylic acids is 2. The van der Waals surface area contributed by atoms with Crippen LogP contribution in [0.2, 0.25) is 0 Å². The van der Waals surface area contributed by atoms with Gasteiger partial charge in [-0.05, 0) is 48.7 Å². The normalized spacial score (nSPS) is 18.9. The van der Waals surface area contributed by atoms with Gasteiger partial charge in [-0.3, -0.25) is 9.59 Å². The van der Waals surface area contributed by atoms with Crippen LogP contribution >= 0.6 is 0 Å². The van der Waals surface area contributed by atoms with E-state index >= 15 is 0 Å². The standard InChI is InChI=1S/C31H31N3O4/c1-3-38-27-11-7-5-9-23(27)30-29-24(22-8-4-6-10-25(22)32-29)18-26-31(36)33(19-28(35)34(26)30)17-16-20-12-14-21(37-2)15-13-20/h4-15,26,30,32H,3,16-19H2,1-2H3/t26-,30-/m0/s1. The van der Waals surface area contributed by atoms with Crippen LogP contribution in [0.3, 0.4) is 0 Å². The third kappa shape index (κ3) is 4.08. The Kier molecular flexibility index (Phi) is 6.27. The van der Waals surface area contributed by atoms with Crippen LogP contribution in [0.5, 0.6) is 11.5 Å². The number of aromatic amines is 1. The van der Waals surface area contributed by atoms with E-state index in [0.717, 1.165) is 44.8 Å². The smallest absolute Gasteiger partial charge is 0.246 e. The molecule has 7 heteroatoms. The second-order valence-corrected chi connectivity index (χ2v) is 9.81. The lowest BCUT2D eigenvalue weighted by Crippen LogP contribution is -2.63. The largest absolute Gasteiger partial charge is 0.497 e. The number of rotatable bonds is 7. The Balaban J connectivity index is 1.38. The molecule has 0 radical (unpaired) electrons. The molecule has 7 nitrogen and oxygen atoms in total. The van der Waals surface area contributed by atoms with E-state index in [0.29, 0.717) is 26.0 Å². The number of piperazine rings is 1. The molecule has 2 amide bonds. The number of H-pyrrole nitrogens is 1. The van der Waals surface area contributed by atoms with Crippen molar-refractivity contribution in [3.63, 3.8) is 0 Å². The summed E-state index contributed by atoms with van der Waals surface area (Å²) in [6, 6.07) is 22.8. The van der Waals surface area contributed by atoms with Gasteiger partial charge >= 0.3 is 0 Å². The van der Waals surface area contributed by atoms with E-state index in [1.807, 2.05) is 73.7 Å². The SMILES string of the molecule is CCOc1ccccc1[C@H]1c2[nH]c3ccccc3c2C[C@H]2C(=O)N(CCc3ccc(OC)cc3)CC(=O)N12. The minimum Gasteiger partial charge on any atom is -0.497 e. The van der Waals surface area contributed by atoms with Gasteiger partial charge in [0.25, 0.3) is 0 Å². The van der Waals surface area contributed by atoms with Crippen LogP contribution in [0.1, 0.15) is 35.3 Å². The van der Waals surface area contributed by atoms with Crippen molar-refractivity contribution in [3.8, 4) is 11.5 Å². The van der Waals surface area contributed by atoms with Crippen molar-refractivity contribution in [2.75, 3.05) is 26.8 Å². The van der Waals surface area contributed by atoms with Gasteiger partial charge in [-0.2, -0.15) is 0 Å². The molecule has 194 valence electrons. The summed E-state index contributed by atoms with van der Waals surface area (Å²) in [5.41, 5.74) is 5.05. The maximum absolute atomic E-state index is 14.0. The van der Waals surface area contributed by atoms with Crippen LogP contribution in [-0.2, 0) is 22.4 Å². The van der Waals surface area contributed by atoms with Crippen molar-refractivity contribution >= 4 is 22.7 Å². The van der Waals surface area contributed by atoms with Crippen molar-refractivity contribution in [1.29, 1.82) is 0 Å². The number of hydrogen-bond donors (Lipinski definition) is 1. The number of benzene rings is 3. The lowest BCUT2D eigenvalue weighted by Gasteiger charge is -2.47. The second kappa shape index (κ2) is 9.89. The molecule has 0 aliphatic carbocycles. The number of para-hydroxylation sites is 2. The number of hydrogen-bond acceptors (Lipinski definition) is 4. The molecule has 0 unspecified atom stereocenters. The number of fused-ring (bicyclic) bond motifs is 4. The van der Waals surface area contributed by atoms with E-state index in [9.17, 15) is 9.59 Å². The Labute approximate surface area is 222 Å². The first-order valence-electron chi connectivity index (χ1n) is 13.1. The Morgan fingerprint density at radius 1 is 0.974 bits per heavy atom. The average Bonchev–Trinajstić information content (AvgIpc) is 3.32. The Morgan fingerprint density at radius 3 is 2.53 bits per heavy atom. The fourth-order valence-electron chi connectivity index (χ4n) is 5.89. The first kappa shape index (κ1) is 24.1. The third-order valence-electron chi connectivity index (χ3n) is 7.69. The minimum absolute atomic E-state index is 0.00654. The maximum Gasteiger partial charge on any atom is 0.246 e. The van der Waals surface area contributed by atoms with Crippen molar-refractivity contribution < 1.29 is 19.1 Å². The summed E-state index contributed by atoms with van der Waals surface area (Å²) in [4.78, 5) is 34.9. The monoisotopic (exact) mass is 509 g/mol. The average molecular weight is 510 g/mol. The highest BCUT2D eigenvalue weighted by molar-refractivity contribution is 5.97. The molecule has 4 aromatic rings. The van der Waals surface area contributed by atoms with Gasteiger partial charge in [-0.15, -0.1) is 0 Å². The van der Waals surface area contributed by atoms with E-state index in [4.69, 9.17) is 9.47 Å². The van der Waals surface area contributed by atoms with Crippen LogP contribution in [0.4, 0.5) is 0 Å². The van der Waals surface area contributed by atoms with Gasteiger partial charge in [0.2, 0.25) is 11.8 Å². The lowest BCUT2D eigenvalue weighted by atomic mass is 9.86. The second-order valence-electron chi connectivity index (χ2n) is 9.81. The number of methoxy groups -OCH3 is 1. The molecular formula is C31H31N3O4. The molecule has 2 atom stereocenters. The molecule has 1 saturated heterocycles. The molecule has 0 bridgehead atoms. The quantitative estimate of drug-likeness (QED) is 0.398. The number of nitrogens with zero attached hydrogens (tertiary/aromatic N) is 2. The predicted molar refractivity (Wildman–Crippen MR) is 145 cm³/mol. The van der Waals surface area contributed by atoms with Gasteiger partial charge in [0.15, 0.2) is 0 Å². The summed E-state index contributed by atoms with van der Waals surface area (Å²) >= 11 is 0. The summed E-state index contributed by atoms with van der Waals surface area (Å²) in [6.07, 6.45) is 1.15. The third-order valence-corrected chi connectivity index (χ3v) is 7.69. The van der Waals surface area contributed by atoms with Gasteiger partial charge < -0.3 is 24.3 Å². The molecule has 3 heterocycles. The number of carbonyl (C=O) groups is 2. The number of amides is 2. The fraction of sp³-hybridized carbons (Fsp3) is 0.290. The molecule has 6 rings (SSSR count). The number of ether oxygens (including phenoxy) is 2. The first-order chi connectivity index (χ1) is 18.6. The number of nitrogens with one attached hydrogen (secondary N) is 1. The van der Waals surface area contributed by atoms with Crippen molar-refractivity contribution in [2.24, 2.45) is 0 Å². The molecule has 0 spiro atoms. The molecule has 2 aliphatic heterocycles. The summed E-state index contributed by atoms with van der Waals surface area (Å²) in [5.74, 6) is 1.47. The van der Waals surface area contributed by atoms with Crippen molar-refractivity contribution in [1.82, 2.24) is 14.8 Å². The van der Waals surface area contributed by atoms with Crippen LogP contribution in [0, 0.1) is 0 Å². The van der Waals surface area contributed by atoms with Gasteiger partial charge in [0.1, 0.15) is 23.6 Å². The Hall–Kier alpha value is -4.26. The number of aromatic nitrogens is 1. The lowest BCUT2D eigenvalue weighted by molar-refractivity contribution is -0.158. The highest BCUT2D eigenvalue weighted by atomic mass is 16.5. The molecule has 1 N–H and O–H groups in total. The fourth-order valence-corrected chi connectivity index (χ4v) is 5.89. The molecule has 2 aliphatic rings. The van der Waals surface area contributed by atoms with Gasteiger partial charge in [-0.1, -0.05) is 48.5 Å². The zero-order valence-electron chi connectivity index (χ0n) is 21.6. The zero-order valence-corrected chi connectivity index (χ0v) is 21.6. The summed E-state index contributed by atoms with van der Waals surface area (Å²) in [7, 11) is 1.64. The van der Waals surface area contributed by atoms with Crippen LogP contribution in [-0.4, -0.2) is 59.4 Å². The summed E-state index contributed by atoms with van der Waals surface area (Å²) in [5, 5.41) is 1.09. The molecular weight excluding hydrogens is 478 g/mol. The molecule has 0 saturated carbocycles. The van der Waals surface area contributed by atoms with E-state index in [-0.39, 0.29) is 18.4 Å². The maximum atomic E-state index is 14.0. The van der Waals surface area contributed by atoms with E-state index in [2.05, 4.69) is 11.1 Å². The van der Waals surface area contributed by atoms with Crippen molar-refractivity contribution in [2.45, 2.75) is 31.8 Å². The molecule has 1 fully saturated rings. The van der Waals surface area contributed by atoms with E-state index in [1.165, 1.54) is 0 Å². The first-order valence-corrected chi connectivity index (χ1v) is 13.1. The topological polar surface area (TPSA) is 74.9 Å². The van der Waals surface area contributed by atoms with E-state index < -0.39 is 12.1 Å². The minimum atomic E-state index is -0.571. The predicted octanol–water partition coefficient (Wildman–Crippen LogP) is 4.50. The Bertz CT molecular complexity index is 1490. The van der Waals surface area contributed by atoms with Gasteiger partial charge in [-0.25, -0.2) is 0 Å². The summed E-state index contributed by atoms with van der Waals surface area (Å²) in [6.45, 7) is 3.01. The zero-order chi connectivity index (χ0) is 26.2. The van der Waals surface area contributed by atoms with Crippen LogP contribution in [0.25, 0.3) is 10.9 Å². The molecule has 3 aromatic carbocycles. The van der Waals surface area contributed by atoms with Crippen LogP contribution in [0.15, 0.2) is 72.8 Å². The van der Waals surface area contributed by atoms with E-state index in [1.54, 1.807) is 16.9 Å².